The van der Waals surface area contributed by atoms with Gasteiger partial charge in [0.2, 0.25) is 11.8 Å². The van der Waals surface area contributed by atoms with Gasteiger partial charge in [-0.3, -0.25) is 13.9 Å². The van der Waals surface area contributed by atoms with E-state index >= 15 is 0 Å². The van der Waals surface area contributed by atoms with Gasteiger partial charge in [-0.2, -0.15) is 0 Å². The number of nitrogens with zero attached hydrogens (tertiary/aromatic N) is 2. The molecule has 40 heavy (non-hydrogen) atoms. The number of rotatable bonds is 13. The highest BCUT2D eigenvalue weighted by Crippen LogP contribution is 2.32. The molecule has 0 aliphatic rings. The first-order valence-electron chi connectivity index (χ1n) is 13.5. The predicted molar refractivity (Wildman–Crippen MR) is 158 cm³/mol. The molecule has 0 spiro atoms. The zero-order valence-electron chi connectivity index (χ0n) is 23.8. The van der Waals surface area contributed by atoms with Crippen LogP contribution in [-0.4, -0.2) is 50.9 Å². The summed E-state index contributed by atoms with van der Waals surface area (Å²) in [5, 5.41) is 2.90. The first kappa shape index (κ1) is 30.7. The second-order valence-electron chi connectivity index (χ2n) is 10.1. The lowest BCUT2D eigenvalue weighted by Crippen LogP contribution is -2.51. The van der Waals surface area contributed by atoms with Crippen molar-refractivity contribution in [1.29, 1.82) is 0 Å². The van der Waals surface area contributed by atoms with Gasteiger partial charge < -0.3 is 15.0 Å². The second-order valence-corrected chi connectivity index (χ2v) is 11.9. The molecule has 9 heteroatoms. The van der Waals surface area contributed by atoms with E-state index in [0.717, 1.165) is 15.4 Å². The Morgan fingerprint density at radius 3 is 2.25 bits per heavy atom. The van der Waals surface area contributed by atoms with Gasteiger partial charge in [0.25, 0.3) is 10.0 Å². The fourth-order valence-corrected chi connectivity index (χ4v) is 5.66. The van der Waals surface area contributed by atoms with Crippen LogP contribution in [0.1, 0.15) is 38.8 Å². The van der Waals surface area contributed by atoms with E-state index < -0.39 is 28.5 Å². The lowest BCUT2D eigenvalue weighted by Gasteiger charge is -2.32. The summed E-state index contributed by atoms with van der Waals surface area (Å²) in [7, 11) is -4.17. The van der Waals surface area contributed by atoms with E-state index in [4.69, 9.17) is 4.74 Å². The largest absolute Gasteiger partial charge is 0.492 e. The lowest BCUT2D eigenvalue weighted by molar-refractivity contribution is -0.139. The molecule has 1 atom stereocenters. The standard InChI is InChI=1S/C31H39N3O5S/c1-6-39-29-18-11-10-17-28(29)34(40(37,38)27-15-8-7-9-16-27)22-30(35)33(21-26-14-12-13-24(4)19-26)25(5)31(36)32-20-23(2)3/h7-19,23,25H,6,20-22H2,1-5H3,(H,32,36)/t25-/m0/s1. The molecule has 3 rings (SSSR count). The van der Waals surface area contributed by atoms with Crippen LogP contribution in [-0.2, 0) is 26.2 Å². The SMILES string of the molecule is CCOc1ccccc1N(CC(=O)N(Cc1cccc(C)c1)[C@@H](C)C(=O)NCC(C)C)S(=O)(=O)c1ccccc1. The number of benzene rings is 3. The van der Waals surface area contributed by atoms with Crippen LogP contribution >= 0.6 is 0 Å². The summed E-state index contributed by atoms with van der Waals surface area (Å²) in [5.41, 5.74) is 2.10. The molecule has 3 aromatic carbocycles. The molecule has 1 N–H and O–H groups in total. The number of carbonyl (C=O) groups is 2. The summed E-state index contributed by atoms with van der Waals surface area (Å²) in [6.07, 6.45) is 0. The van der Waals surface area contributed by atoms with Crippen LogP contribution in [0.25, 0.3) is 0 Å². The van der Waals surface area contributed by atoms with Crippen LogP contribution in [0.15, 0.2) is 83.8 Å². The van der Waals surface area contributed by atoms with Crippen molar-refractivity contribution in [3.8, 4) is 5.75 Å². The number of ether oxygens (including phenoxy) is 1. The van der Waals surface area contributed by atoms with Gasteiger partial charge in [0.05, 0.1) is 17.2 Å². The number of carbonyl (C=O) groups excluding carboxylic acids is 2. The molecule has 0 heterocycles. The van der Waals surface area contributed by atoms with Gasteiger partial charge in [-0.05, 0) is 56.5 Å². The number of para-hydroxylation sites is 2. The molecular formula is C31H39N3O5S. The number of anilines is 1. The third-order valence-corrected chi connectivity index (χ3v) is 8.11. The van der Waals surface area contributed by atoms with E-state index in [1.54, 1.807) is 56.3 Å². The monoisotopic (exact) mass is 565 g/mol. The summed E-state index contributed by atoms with van der Waals surface area (Å²) >= 11 is 0. The van der Waals surface area contributed by atoms with E-state index in [9.17, 15) is 18.0 Å². The molecule has 0 aromatic heterocycles. The van der Waals surface area contributed by atoms with Gasteiger partial charge in [0, 0.05) is 13.1 Å². The maximum Gasteiger partial charge on any atom is 0.264 e. The average molecular weight is 566 g/mol. The summed E-state index contributed by atoms with van der Waals surface area (Å²) in [5.74, 6) is -0.245. The quantitative estimate of drug-likeness (QED) is 0.322. The van der Waals surface area contributed by atoms with Crippen molar-refractivity contribution >= 4 is 27.5 Å². The Bertz CT molecular complexity index is 1390. The highest BCUT2D eigenvalue weighted by atomic mass is 32.2. The Balaban J connectivity index is 2.05. The van der Waals surface area contributed by atoms with Gasteiger partial charge in [0.1, 0.15) is 18.3 Å². The van der Waals surface area contributed by atoms with Crippen molar-refractivity contribution in [2.75, 3.05) is 24.0 Å². The first-order valence-corrected chi connectivity index (χ1v) is 14.9. The van der Waals surface area contributed by atoms with E-state index in [0.29, 0.717) is 18.9 Å². The molecule has 0 fully saturated rings. The van der Waals surface area contributed by atoms with Crippen molar-refractivity contribution in [3.05, 3.63) is 90.0 Å². The van der Waals surface area contributed by atoms with Gasteiger partial charge in [-0.1, -0.05) is 74.0 Å². The lowest BCUT2D eigenvalue weighted by atomic mass is 10.1. The molecular weight excluding hydrogens is 526 g/mol. The van der Waals surface area contributed by atoms with Crippen molar-refractivity contribution < 1.29 is 22.7 Å². The zero-order valence-corrected chi connectivity index (χ0v) is 24.6. The molecule has 0 unspecified atom stereocenters. The zero-order chi connectivity index (χ0) is 29.3. The maximum atomic E-state index is 14.0. The molecule has 0 radical (unpaired) electrons. The second kappa shape index (κ2) is 14.0. The average Bonchev–Trinajstić information content (AvgIpc) is 2.94. The van der Waals surface area contributed by atoms with Crippen LogP contribution in [0.5, 0.6) is 5.75 Å². The van der Waals surface area contributed by atoms with Crippen LogP contribution in [0, 0.1) is 12.8 Å². The third kappa shape index (κ3) is 7.85. The Kier molecular flexibility index (Phi) is 10.7. The van der Waals surface area contributed by atoms with Crippen molar-refractivity contribution in [3.63, 3.8) is 0 Å². The van der Waals surface area contributed by atoms with E-state index in [1.165, 1.54) is 17.0 Å². The molecule has 0 bridgehead atoms. The fraction of sp³-hybridized carbons (Fsp3) is 0.355. The smallest absolute Gasteiger partial charge is 0.264 e. The number of aryl methyl sites for hydroxylation is 1. The Morgan fingerprint density at radius 1 is 0.925 bits per heavy atom. The van der Waals surface area contributed by atoms with Crippen LogP contribution in [0.2, 0.25) is 0 Å². The van der Waals surface area contributed by atoms with Gasteiger partial charge in [-0.15, -0.1) is 0 Å². The normalized spacial score (nSPS) is 12.1. The van der Waals surface area contributed by atoms with Crippen LogP contribution in [0.4, 0.5) is 5.69 Å². The van der Waals surface area contributed by atoms with Crippen LogP contribution < -0.4 is 14.4 Å². The highest BCUT2D eigenvalue weighted by Gasteiger charge is 2.33. The molecule has 214 valence electrons. The summed E-state index contributed by atoms with van der Waals surface area (Å²) < 4.78 is 34.7. The summed E-state index contributed by atoms with van der Waals surface area (Å²) in [4.78, 5) is 28.6. The number of sulfonamides is 1. The maximum absolute atomic E-state index is 14.0. The van der Waals surface area contributed by atoms with Crippen molar-refractivity contribution in [2.45, 2.75) is 52.1 Å². The minimum Gasteiger partial charge on any atom is -0.492 e. The Labute approximate surface area is 238 Å². The molecule has 2 amide bonds. The fourth-order valence-electron chi connectivity index (χ4n) is 4.22. The predicted octanol–water partition coefficient (Wildman–Crippen LogP) is 4.78. The van der Waals surface area contributed by atoms with Crippen molar-refractivity contribution in [1.82, 2.24) is 10.2 Å². The first-order chi connectivity index (χ1) is 19.0. The molecule has 0 saturated heterocycles. The van der Waals surface area contributed by atoms with E-state index in [-0.39, 0.29) is 29.0 Å². The van der Waals surface area contributed by atoms with Crippen molar-refractivity contribution in [2.24, 2.45) is 5.92 Å². The molecule has 3 aromatic rings. The van der Waals surface area contributed by atoms with Gasteiger partial charge in [0.15, 0.2) is 0 Å². The highest BCUT2D eigenvalue weighted by molar-refractivity contribution is 7.92. The van der Waals surface area contributed by atoms with Gasteiger partial charge >= 0.3 is 0 Å². The Hall–Kier alpha value is -3.85. The summed E-state index contributed by atoms with van der Waals surface area (Å²) in [6, 6.07) is 21.5. The molecule has 0 aliphatic carbocycles. The Morgan fingerprint density at radius 2 is 1.60 bits per heavy atom. The van der Waals surface area contributed by atoms with E-state index in [1.807, 2.05) is 45.0 Å². The minimum atomic E-state index is -4.17. The molecule has 0 aliphatic heterocycles. The number of nitrogens with one attached hydrogen (secondary N) is 1. The van der Waals surface area contributed by atoms with Gasteiger partial charge in [-0.25, -0.2) is 8.42 Å². The van der Waals surface area contributed by atoms with E-state index in [2.05, 4.69) is 5.32 Å². The molecule has 8 nitrogen and oxygen atoms in total. The number of hydrogen-bond acceptors (Lipinski definition) is 5. The summed E-state index contributed by atoms with van der Waals surface area (Å²) in [6.45, 7) is 9.80. The number of hydrogen-bond donors (Lipinski definition) is 1. The molecule has 0 saturated carbocycles. The third-order valence-electron chi connectivity index (χ3n) is 6.33. The van der Waals surface area contributed by atoms with Crippen LogP contribution in [0.3, 0.4) is 0 Å². The minimum absolute atomic E-state index is 0.0436. The number of amides is 2. The topological polar surface area (TPSA) is 96.0 Å².